The van der Waals surface area contributed by atoms with Gasteiger partial charge in [-0.3, -0.25) is 4.79 Å². The molecule has 5 heteroatoms. The minimum Gasteiger partial charge on any atom is -0.469 e. The number of carbonyl (C=O) groups is 1. The second-order valence-electron chi connectivity index (χ2n) is 4.56. The third-order valence-corrected chi connectivity index (χ3v) is 4.33. The van der Waals surface area contributed by atoms with Crippen LogP contribution in [-0.4, -0.2) is 22.4 Å². The number of fused-ring (bicyclic) bond motifs is 3. The van der Waals surface area contributed by atoms with E-state index in [2.05, 4.69) is 9.97 Å². The number of rotatable bonds is 3. The standard InChI is InChI=1S/C13H14N2O2S/c1-8(16)6-17-12-11-9-4-2-3-5-10(9)18-13(11)15-7-14-12/h7H,2-6H2,1H3. The van der Waals surface area contributed by atoms with E-state index in [-0.39, 0.29) is 12.4 Å². The molecule has 2 aromatic rings. The minimum atomic E-state index is 0.00543. The number of carbonyl (C=O) groups excluding carboxylic acids is 1. The Hall–Kier alpha value is -1.49. The molecule has 4 nitrogen and oxygen atoms in total. The first-order chi connectivity index (χ1) is 8.75. The first-order valence-electron chi connectivity index (χ1n) is 6.13. The number of aryl methyl sites for hydroxylation is 2. The van der Waals surface area contributed by atoms with E-state index in [1.54, 1.807) is 11.3 Å². The Balaban J connectivity index is 2.08. The molecule has 0 atom stereocenters. The lowest BCUT2D eigenvalue weighted by atomic mass is 9.97. The summed E-state index contributed by atoms with van der Waals surface area (Å²) < 4.78 is 5.51. The van der Waals surface area contributed by atoms with E-state index in [1.807, 2.05) is 0 Å². The predicted molar refractivity (Wildman–Crippen MR) is 70.2 cm³/mol. The third-order valence-electron chi connectivity index (χ3n) is 3.13. The van der Waals surface area contributed by atoms with Crippen LogP contribution in [0, 0.1) is 0 Å². The highest BCUT2D eigenvalue weighted by molar-refractivity contribution is 7.18. The predicted octanol–water partition coefficient (Wildman–Crippen LogP) is 2.54. The van der Waals surface area contributed by atoms with Gasteiger partial charge in [0, 0.05) is 4.88 Å². The molecule has 2 heterocycles. The Kier molecular flexibility index (Phi) is 2.99. The lowest BCUT2D eigenvalue weighted by molar-refractivity contribution is -0.118. The van der Waals surface area contributed by atoms with Crippen molar-refractivity contribution in [3.05, 3.63) is 16.8 Å². The van der Waals surface area contributed by atoms with Gasteiger partial charge >= 0.3 is 0 Å². The van der Waals surface area contributed by atoms with Gasteiger partial charge in [0.2, 0.25) is 5.88 Å². The maximum absolute atomic E-state index is 11.0. The number of ketones is 1. The maximum Gasteiger partial charge on any atom is 0.226 e. The van der Waals surface area contributed by atoms with Gasteiger partial charge in [0.1, 0.15) is 17.8 Å². The van der Waals surface area contributed by atoms with Gasteiger partial charge < -0.3 is 4.74 Å². The number of thiophene rings is 1. The molecular formula is C13H14N2O2S. The Morgan fingerprint density at radius 2 is 2.22 bits per heavy atom. The van der Waals surface area contributed by atoms with E-state index in [1.165, 1.54) is 36.5 Å². The molecule has 0 bridgehead atoms. The average Bonchev–Trinajstić information content (AvgIpc) is 2.75. The third kappa shape index (κ3) is 1.99. The highest BCUT2D eigenvalue weighted by atomic mass is 32.1. The van der Waals surface area contributed by atoms with Crippen LogP contribution in [0.1, 0.15) is 30.2 Å². The molecule has 3 rings (SSSR count). The summed E-state index contributed by atoms with van der Waals surface area (Å²) in [6.45, 7) is 1.60. The van der Waals surface area contributed by atoms with Gasteiger partial charge in [-0.05, 0) is 38.2 Å². The number of Topliss-reactive ketones (excluding diaryl/α,β-unsaturated/α-hetero) is 1. The number of hydrogen-bond acceptors (Lipinski definition) is 5. The van der Waals surface area contributed by atoms with Gasteiger partial charge in [-0.1, -0.05) is 0 Å². The lowest BCUT2D eigenvalue weighted by Crippen LogP contribution is -2.08. The van der Waals surface area contributed by atoms with E-state index in [4.69, 9.17) is 4.74 Å². The minimum absolute atomic E-state index is 0.00543. The van der Waals surface area contributed by atoms with Crippen molar-refractivity contribution >= 4 is 27.3 Å². The first-order valence-corrected chi connectivity index (χ1v) is 6.95. The van der Waals surface area contributed by atoms with E-state index < -0.39 is 0 Å². The summed E-state index contributed by atoms with van der Waals surface area (Å²) in [5.74, 6) is 0.570. The van der Waals surface area contributed by atoms with Crippen molar-refractivity contribution in [1.82, 2.24) is 9.97 Å². The van der Waals surface area contributed by atoms with E-state index in [9.17, 15) is 4.79 Å². The quantitative estimate of drug-likeness (QED) is 0.853. The zero-order chi connectivity index (χ0) is 12.5. The second kappa shape index (κ2) is 4.65. The van der Waals surface area contributed by atoms with Crippen molar-refractivity contribution in [2.24, 2.45) is 0 Å². The van der Waals surface area contributed by atoms with Gasteiger partial charge in [-0.2, -0.15) is 0 Å². The first kappa shape index (κ1) is 11.6. The largest absolute Gasteiger partial charge is 0.469 e. The van der Waals surface area contributed by atoms with Crippen LogP contribution >= 0.6 is 11.3 Å². The second-order valence-corrected chi connectivity index (χ2v) is 5.64. The molecule has 0 aliphatic heterocycles. The van der Waals surface area contributed by atoms with Crippen LogP contribution in [0.25, 0.3) is 10.2 Å². The summed E-state index contributed by atoms with van der Waals surface area (Å²) in [6.07, 6.45) is 6.16. The van der Waals surface area contributed by atoms with Crippen molar-refractivity contribution in [2.45, 2.75) is 32.6 Å². The monoisotopic (exact) mass is 262 g/mol. The van der Waals surface area contributed by atoms with Crippen molar-refractivity contribution in [2.75, 3.05) is 6.61 Å². The Bertz CT molecular complexity index is 606. The van der Waals surface area contributed by atoms with Gasteiger partial charge in [0.25, 0.3) is 0 Å². The summed E-state index contributed by atoms with van der Waals surface area (Å²) in [6, 6.07) is 0. The molecule has 0 aromatic carbocycles. The fraction of sp³-hybridized carbons (Fsp3) is 0.462. The normalized spacial score (nSPS) is 14.5. The van der Waals surface area contributed by atoms with Crippen LogP contribution in [0.4, 0.5) is 0 Å². The highest BCUT2D eigenvalue weighted by Crippen LogP contribution is 2.38. The summed E-state index contributed by atoms with van der Waals surface area (Å²) in [5.41, 5.74) is 1.33. The Labute approximate surface area is 109 Å². The number of nitrogens with zero attached hydrogens (tertiary/aromatic N) is 2. The van der Waals surface area contributed by atoms with Crippen molar-refractivity contribution < 1.29 is 9.53 Å². The van der Waals surface area contributed by atoms with Crippen LogP contribution in [0.15, 0.2) is 6.33 Å². The van der Waals surface area contributed by atoms with Crippen molar-refractivity contribution in [3.8, 4) is 5.88 Å². The molecule has 0 fully saturated rings. The average molecular weight is 262 g/mol. The molecule has 0 saturated carbocycles. The summed E-state index contributed by atoms with van der Waals surface area (Å²) in [4.78, 5) is 21.9. The maximum atomic E-state index is 11.0. The molecule has 0 amide bonds. The molecule has 18 heavy (non-hydrogen) atoms. The summed E-state index contributed by atoms with van der Waals surface area (Å²) >= 11 is 1.73. The molecule has 0 saturated heterocycles. The number of ether oxygens (including phenoxy) is 1. The molecule has 0 N–H and O–H groups in total. The van der Waals surface area contributed by atoms with E-state index >= 15 is 0 Å². The highest BCUT2D eigenvalue weighted by Gasteiger charge is 2.20. The zero-order valence-electron chi connectivity index (χ0n) is 10.2. The lowest BCUT2D eigenvalue weighted by Gasteiger charge is -2.11. The Morgan fingerprint density at radius 1 is 1.39 bits per heavy atom. The van der Waals surface area contributed by atoms with Crippen LogP contribution < -0.4 is 4.74 Å². The molecule has 2 aromatic heterocycles. The number of hydrogen-bond donors (Lipinski definition) is 0. The number of aromatic nitrogens is 2. The van der Waals surface area contributed by atoms with Crippen LogP contribution in [-0.2, 0) is 17.6 Å². The van der Waals surface area contributed by atoms with Gasteiger partial charge in [0.05, 0.1) is 5.39 Å². The van der Waals surface area contributed by atoms with Crippen molar-refractivity contribution in [3.63, 3.8) is 0 Å². The SMILES string of the molecule is CC(=O)COc1ncnc2sc3c(c12)CCCC3. The Morgan fingerprint density at radius 3 is 3.06 bits per heavy atom. The van der Waals surface area contributed by atoms with Crippen LogP contribution in [0.5, 0.6) is 5.88 Å². The van der Waals surface area contributed by atoms with Gasteiger partial charge in [-0.15, -0.1) is 11.3 Å². The molecule has 1 aliphatic rings. The zero-order valence-corrected chi connectivity index (χ0v) is 11.0. The fourth-order valence-electron chi connectivity index (χ4n) is 2.34. The van der Waals surface area contributed by atoms with E-state index in [0.29, 0.717) is 5.88 Å². The summed E-state index contributed by atoms with van der Waals surface area (Å²) in [7, 11) is 0. The van der Waals surface area contributed by atoms with E-state index in [0.717, 1.165) is 23.1 Å². The topological polar surface area (TPSA) is 52.1 Å². The van der Waals surface area contributed by atoms with Crippen LogP contribution in [0.3, 0.4) is 0 Å². The van der Waals surface area contributed by atoms with Crippen molar-refractivity contribution in [1.29, 1.82) is 0 Å². The van der Waals surface area contributed by atoms with Gasteiger partial charge in [0.15, 0.2) is 5.78 Å². The summed E-state index contributed by atoms with van der Waals surface area (Å²) in [5, 5.41) is 1.03. The molecule has 94 valence electrons. The fourth-order valence-corrected chi connectivity index (χ4v) is 3.56. The molecule has 0 radical (unpaired) electrons. The van der Waals surface area contributed by atoms with Gasteiger partial charge in [-0.25, -0.2) is 9.97 Å². The molecular weight excluding hydrogens is 248 g/mol. The molecule has 0 unspecified atom stereocenters. The van der Waals surface area contributed by atoms with Crippen LogP contribution in [0.2, 0.25) is 0 Å². The smallest absolute Gasteiger partial charge is 0.226 e. The molecule has 1 aliphatic carbocycles. The molecule has 0 spiro atoms.